The molecule has 1 fully saturated rings. The number of nitrogens with zero attached hydrogens (tertiary/aromatic N) is 3. The molecule has 2 N–H and O–H groups in total. The summed E-state index contributed by atoms with van der Waals surface area (Å²) in [5, 5.41) is 10.9. The van der Waals surface area contributed by atoms with Crippen molar-refractivity contribution in [2.75, 3.05) is 6.54 Å². The van der Waals surface area contributed by atoms with Crippen molar-refractivity contribution in [3.05, 3.63) is 28.1 Å². The summed E-state index contributed by atoms with van der Waals surface area (Å²) >= 11 is 0. The maximum absolute atomic E-state index is 12.8. The molecule has 1 aliphatic heterocycles. The SMILES string of the molecule is CCn1cc([N+](=O)[O-])cc1C(=O)N1C(C)CCCC1CN. The van der Waals surface area contributed by atoms with Crippen molar-refractivity contribution in [2.45, 2.75) is 51.7 Å². The highest BCUT2D eigenvalue weighted by Gasteiger charge is 2.33. The minimum atomic E-state index is -0.469. The van der Waals surface area contributed by atoms with Gasteiger partial charge in [-0.25, -0.2) is 0 Å². The van der Waals surface area contributed by atoms with E-state index in [1.54, 1.807) is 9.47 Å². The summed E-state index contributed by atoms with van der Waals surface area (Å²) < 4.78 is 1.63. The number of nitrogens with two attached hydrogens (primary N) is 1. The number of carbonyl (C=O) groups excluding carboxylic acids is 1. The Labute approximate surface area is 123 Å². The first-order valence-corrected chi connectivity index (χ1v) is 7.36. The Balaban J connectivity index is 2.35. The summed E-state index contributed by atoms with van der Waals surface area (Å²) in [5.41, 5.74) is 6.11. The van der Waals surface area contributed by atoms with Crippen LogP contribution in [0, 0.1) is 10.1 Å². The second-order valence-corrected chi connectivity index (χ2v) is 5.51. The standard InChI is InChI=1S/C14H22N4O3/c1-3-16-9-12(18(20)21)7-13(16)14(19)17-10(2)5-4-6-11(17)8-15/h7,9-11H,3-6,8,15H2,1-2H3. The minimum Gasteiger partial charge on any atom is -0.337 e. The highest BCUT2D eigenvalue weighted by atomic mass is 16.6. The van der Waals surface area contributed by atoms with Gasteiger partial charge in [0.15, 0.2) is 0 Å². The lowest BCUT2D eigenvalue weighted by Gasteiger charge is -2.40. The number of amides is 1. The summed E-state index contributed by atoms with van der Waals surface area (Å²) in [6.07, 6.45) is 4.31. The fraction of sp³-hybridized carbons (Fsp3) is 0.643. The van der Waals surface area contributed by atoms with Crippen LogP contribution in [0.3, 0.4) is 0 Å². The van der Waals surface area contributed by atoms with Crippen LogP contribution < -0.4 is 5.73 Å². The number of nitro groups is 1. The zero-order valence-electron chi connectivity index (χ0n) is 12.5. The first-order chi connectivity index (χ1) is 9.99. The van der Waals surface area contributed by atoms with E-state index < -0.39 is 4.92 Å². The lowest BCUT2D eigenvalue weighted by molar-refractivity contribution is -0.384. The number of likely N-dealkylation sites (tertiary alicyclic amines) is 1. The molecular formula is C14H22N4O3. The molecule has 7 nitrogen and oxygen atoms in total. The summed E-state index contributed by atoms with van der Waals surface area (Å²) in [6.45, 7) is 4.81. The number of aromatic nitrogens is 1. The van der Waals surface area contributed by atoms with Gasteiger partial charge in [0.05, 0.1) is 11.1 Å². The molecule has 0 aromatic carbocycles. The van der Waals surface area contributed by atoms with E-state index in [-0.39, 0.29) is 23.7 Å². The number of hydrogen-bond donors (Lipinski definition) is 1. The molecule has 0 spiro atoms. The van der Waals surface area contributed by atoms with Crippen LogP contribution in [0.2, 0.25) is 0 Å². The van der Waals surface area contributed by atoms with E-state index in [0.717, 1.165) is 19.3 Å². The number of carbonyl (C=O) groups is 1. The van der Waals surface area contributed by atoms with Gasteiger partial charge >= 0.3 is 0 Å². The van der Waals surface area contributed by atoms with Gasteiger partial charge in [0.25, 0.3) is 11.6 Å². The Bertz CT molecular complexity index is 540. The maximum atomic E-state index is 12.8. The second-order valence-electron chi connectivity index (χ2n) is 5.51. The molecule has 1 aromatic heterocycles. The van der Waals surface area contributed by atoms with Gasteiger partial charge in [-0.15, -0.1) is 0 Å². The Morgan fingerprint density at radius 3 is 2.81 bits per heavy atom. The monoisotopic (exact) mass is 294 g/mol. The van der Waals surface area contributed by atoms with Crippen LogP contribution in [0.1, 0.15) is 43.6 Å². The molecule has 0 saturated carbocycles. The van der Waals surface area contributed by atoms with Crippen LogP contribution in [-0.4, -0.2) is 38.9 Å². The molecule has 2 atom stereocenters. The number of aryl methyl sites for hydroxylation is 1. The topological polar surface area (TPSA) is 94.4 Å². The van der Waals surface area contributed by atoms with Crippen molar-refractivity contribution < 1.29 is 9.72 Å². The molecule has 2 heterocycles. The number of hydrogen-bond acceptors (Lipinski definition) is 4. The molecule has 116 valence electrons. The Hall–Kier alpha value is -1.89. The van der Waals surface area contributed by atoms with Crippen molar-refractivity contribution >= 4 is 11.6 Å². The van der Waals surface area contributed by atoms with Crippen LogP contribution in [0.15, 0.2) is 12.3 Å². The third-order valence-corrected chi connectivity index (χ3v) is 4.19. The van der Waals surface area contributed by atoms with Crippen LogP contribution in [0.5, 0.6) is 0 Å². The average molecular weight is 294 g/mol. The third-order valence-electron chi connectivity index (χ3n) is 4.19. The predicted octanol–water partition coefficient (Wildman–Crippen LogP) is 1.76. The Kier molecular flexibility index (Phi) is 4.62. The Morgan fingerprint density at radius 2 is 2.24 bits per heavy atom. The molecule has 21 heavy (non-hydrogen) atoms. The highest BCUT2D eigenvalue weighted by Crippen LogP contribution is 2.26. The zero-order valence-corrected chi connectivity index (χ0v) is 12.5. The molecule has 1 amide bonds. The average Bonchev–Trinajstić information content (AvgIpc) is 2.90. The van der Waals surface area contributed by atoms with Gasteiger partial charge < -0.3 is 15.2 Å². The fourth-order valence-corrected chi connectivity index (χ4v) is 3.05. The van der Waals surface area contributed by atoms with Crippen molar-refractivity contribution in [1.82, 2.24) is 9.47 Å². The van der Waals surface area contributed by atoms with Crippen LogP contribution in [0.4, 0.5) is 5.69 Å². The van der Waals surface area contributed by atoms with Gasteiger partial charge in [0, 0.05) is 31.2 Å². The van der Waals surface area contributed by atoms with Crippen LogP contribution in [0.25, 0.3) is 0 Å². The normalized spacial score (nSPS) is 22.3. The smallest absolute Gasteiger partial charge is 0.287 e. The summed E-state index contributed by atoms with van der Waals surface area (Å²) in [6, 6.07) is 1.49. The van der Waals surface area contributed by atoms with E-state index in [9.17, 15) is 14.9 Å². The fourth-order valence-electron chi connectivity index (χ4n) is 3.05. The summed E-state index contributed by atoms with van der Waals surface area (Å²) in [4.78, 5) is 25.1. The summed E-state index contributed by atoms with van der Waals surface area (Å²) in [5.74, 6) is -0.160. The van der Waals surface area contributed by atoms with Gasteiger partial charge in [0.2, 0.25) is 0 Å². The van der Waals surface area contributed by atoms with Gasteiger partial charge in [-0.1, -0.05) is 0 Å². The lowest BCUT2D eigenvalue weighted by Crippen LogP contribution is -2.52. The van der Waals surface area contributed by atoms with E-state index in [1.807, 2.05) is 13.8 Å². The second kappa shape index (κ2) is 6.26. The molecule has 2 rings (SSSR count). The van der Waals surface area contributed by atoms with Crippen LogP contribution in [-0.2, 0) is 6.54 Å². The minimum absolute atomic E-state index is 0.0144. The van der Waals surface area contributed by atoms with E-state index >= 15 is 0 Å². The first-order valence-electron chi connectivity index (χ1n) is 7.36. The van der Waals surface area contributed by atoms with Gasteiger partial charge in [-0.05, 0) is 33.1 Å². The largest absolute Gasteiger partial charge is 0.337 e. The Morgan fingerprint density at radius 1 is 1.52 bits per heavy atom. The van der Waals surface area contributed by atoms with Crippen LogP contribution >= 0.6 is 0 Å². The predicted molar refractivity (Wildman–Crippen MR) is 79.1 cm³/mol. The highest BCUT2D eigenvalue weighted by molar-refractivity contribution is 5.94. The molecule has 0 aliphatic carbocycles. The zero-order chi connectivity index (χ0) is 15.6. The van der Waals surface area contributed by atoms with Gasteiger partial charge in [0.1, 0.15) is 5.69 Å². The van der Waals surface area contributed by atoms with Crippen molar-refractivity contribution in [2.24, 2.45) is 5.73 Å². The van der Waals surface area contributed by atoms with Crippen molar-refractivity contribution in [3.63, 3.8) is 0 Å². The number of piperidine rings is 1. The van der Waals surface area contributed by atoms with E-state index in [0.29, 0.717) is 18.8 Å². The number of rotatable bonds is 4. The molecule has 1 aromatic rings. The third kappa shape index (κ3) is 2.92. The van der Waals surface area contributed by atoms with Crippen molar-refractivity contribution in [3.8, 4) is 0 Å². The van der Waals surface area contributed by atoms with E-state index in [1.165, 1.54) is 12.3 Å². The first kappa shape index (κ1) is 15.5. The molecule has 2 unspecified atom stereocenters. The summed E-state index contributed by atoms with van der Waals surface area (Å²) in [7, 11) is 0. The van der Waals surface area contributed by atoms with E-state index in [2.05, 4.69) is 0 Å². The van der Waals surface area contributed by atoms with E-state index in [4.69, 9.17) is 5.73 Å². The maximum Gasteiger partial charge on any atom is 0.287 e. The quantitative estimate of drug-likeness (QED) is 0.676. The lowest BCUT2D eigenvalue weighted by atomic mass is 9.96. The van der Waals surface area contributed by atoms with Crippen molar-refractivity contribution in [1.29, 1.82) is 0 Å². The molecule has 0 radical (unpaired) electrons. The van der Waals surface area contributed by atoms with Gasteiger partial charge in [-0.2, -0.15) is 0 Å². The molecule has 1 aliphatic rings. The van der Waals surface area contributed by atoms with Gasteiger partial charge in [-0.3, -0.25) is 14.9 Å². The molecular weight excluding hydrogens is 272 g/mol. The molecule has 0 bridgehead atoms. The molecule has 1 saturated heterocycles. The molecule has 7 heteroatoms.